The Labute approximate surface area is 137 Å². The fraction of sp³-hybridized carbons (Fsp3) is 0.692. The zero-order valence-electron chi connectivity index (χ0n) is 12.9. The Balaban J connectivity index is 2.55. The molecule has 0 aliphatic carbocycles. The Hall–Kier alpha value is -2.24. The summed E-state index contributed by atoms with van der Waals surface area (Å²) in [7, 11) is 0. The van der Waals surface area contributed by atoms with Gasteiger partial charge >= 0.3 is 5.97 Å². The molecule has 11 nitrogen and oxygen atoms in total. The minimum atomic E-state index is -1.40. The molecule has 7 N–H and O–H groups in total. The smallest absolute Gasteiger partial charge is 0.322 e. The van der Waals surface area contributed by atoms with E-state index >= 15 is 0 Å². The van der Waals surface area contributed by atoms with Gasteiger partial charge < -0.3 is 36.6 Å². The molecule has 3 amide bonds. The average Bonchev–Trinajstić information content (AvgIpc) is 3.09. The minimum Gasteiger partial charge on any atom is -0.480 e. The molecular formula is C13H22N4O7. The molecule has 0 spiro atoms. The molecule has 0 aromatic heterocycles. The largest absolute Gasteiger partial charge is 0.480 e. The van der Waals surface area contributed by atoms with Gasteiger partial charge in [0.15, 0.2) is 0 Å². The molecule has 3 atom stereocenters. The Kier molecular flexibility index (Phi) is 8.09. The van der Waals surface area contributed by atoms with Gasteiger partial charge in [0, 0.05) is 0 Å². The van der Waals surface area contributed by atoms with Crippen LogP contribution in [0.3, 0.4) is 0 Å². The molecule has 136 valence electrons. The van der Waals surface area contributed by atoms with Crippen LogP contribution in [0.4, 0.5) is 0 Å². The van der Waals surface area contributed by atoms with Crippen LogP contribution in [-0.2, 0) is 19.2 Å². The van der Waals surface area contributed by atoms with Crippen molar-refractivity contribution in [1.29, 1.82) is 0 Å². The molecule has 0 bridgehead atoms. The van der Waals surface area contributed by atoms with Gasteiger partial charge in [-0.05, 0) is 19.4 Å². The van der Waals surface area contributed by atoms with E-state index in [9.17, 15) is 24.3 Å². The lowest BCUT2D eigenvalue weighted by Crippen LogP contribution is -2.57. The number of hydrogen-bond donors (Lipinski definition) is 7. The third kappa shape index (κ3) is 6.10. The number of rotatable bonds is 9. The summed E-state index contributed by atoms with van der Waals surface area (Å²) in [4.78, 5) is 46.0. The van der Waals surface area contributed by atoms with E-state index in [0.717, 1.165) is 6.42 Å². The summed E-state index contributed by atoms with van der Waals surface area (Å²) in [6.07, 6.45) is 1.44. The van der Waals surface area contributed by atoms with Crippen molar-refractivity contribution < 1.29 is 34.5 Å². The van der Waals surface area contributed by atoms with Gasteiger partial charge in [-0.2, -0.15) is 0 Å². The normalized spacial score (nSPS) is 19.2. The quantitative estimate of drug-likeness (QED) is 0.220. The number of hydrogen-bond acceptors (Lipinski definition) is 7. The van der Waals surface area contributed by atoms with E-state index in [1.165, 1.54) is 0 Å². The van der Waals surface area contributed by atoms with E-state index in [-0.39, 0.29) is 0 Å². The number of carbonyl (C=O) groups is 4. The Morgan fingerprint density at radius 1 is 1.04 bits per heavy atom. The Morgan fingerprint density at radius 2 is 1.67 bits per heavy atom. The van der Waals surface area contributed by atoms with Crippen molar-refractivity contribution in [3.8, 4) is 0 Å². The van der Waals surface area contributed by atoms with Crippen molar-refractivity contribution in [2.75, 3.05) is 26.3 Å². The summed E-state index contributed by atoms with van der Waals surface area (Å²) in [6, 6.07) is -3.13. The van der Waals surface area contributed by atoms with Crippen molar-refractivity contribution in [1.82, 2.24) is 21.3 Å². The fourth-order valence-corrected chi connectivity index (χ4v) is 2.13. The van der Waals surface area contributed by atoms with Gasteiger partial charge in [0.05, 0.1) is 19.3 Å². The first-order valence-electron chi connectivity index (χ1n) is 7.44. The summed E-state index contributed by atoms with van der Waals surface area (Å²) < 4.78 is 0. The number of aliphatic hydroxyl groups is 2. The number of aliphatic carboxylic acids is 1. The monoisotopic (exact) mass is 346 g/mol. The van der Waals surface area contributed by atoms with Gasteiger partial charge in [-0.3, -0.25) is 19.2 Å². The van der Waals surface area contributed by atoms with E-state index in [2.05, 4.69) is 16.0 Å². The third-order valence-corrected chi connectivity index (χ3v) is 3.42. The van der Waals surface area contributed by atoms with Crippen LogP contribution in [0.25, 0.3) is 0 Å². The van der Waals surface area contributed by atoms with Crippen molar-refractivity contribution in [3.63, 3.8) is 0 Å². The zero-order chi connectivity index (χ0) is 18.1. The minimum absolute atomic E-state index is 0.445. The third-order valence-electron chi connectivity index (χ3n) is 3.42. The standard InChI is InChI=1S/C13H22N4O7/c18-5-8(11(22)15-4-10(20)21)16-13(24)9(6-19)17-12(23)7-2-1-3-14-7/h7-9,14,18-19H,1-6H2,(H,15,22)(H,16,24)(H,17,23)(H,20,21). The topological polar surface area (TPSA) is 177 Å². The molecule has 0 radical (unpaired) electrons. The number of carbonyl (C=O) groups excluding carboxylic acids is 3. The molecule has 0 saturated carbocycles. The second kappa shape index (κ2) is 9.80. The number of carboxylic acid groups (broad SMARTS) is 1. The predicted molar refractivity (Wildman–Crippen MR) is 79.7 cm³/mol. The molecule has 0 aromatic rings. The van der Waals surface area contributed by atoms with Gasteiger partial charge in [-0.15, -0.1) is 0 Å². The Morgan fingerprint density at radius 3 is 2.17 bits per heavy atom. The molecule has 1 aliphatic heterocycles. The predicted octanol–water partition coefficient (Wildman–Crippen LogP) is -4.11. The van der Waals surface area contributed by atoms with Crippen LogP contribution in [0.5, 0.6) is 0 Å². The lowest BCUT2D eigenvalue weighted by molar-refractivity contribution is -0.139. The summed E-state index contributed by atoms with van der Waals surface area (Å²) >= 11 is 0. The summed E-state index contributed by atoms with van der Waals surface area (Å²) in [5, 5.41) is 36.3. The maximum Gasteiger partial charge on any atom is 0.322 e. The van der Waals surface area contributed by atoms with Gasteiger partial charge in [0.25, 0.3) is 0 Å². The van der Waals surface area contributed by atoms with Crippen molar-refractivity contribution in [2.45, 2.75) is 31.0 Å². The Bertz CT molecular complexity index is 479. The van der Waals surface area contributed by atoms with E-state index < -0.39 is 61.6 Å². The molecule has 1 saturated heterocycles. The van der Waals surface area contributed by atoms with Crippen molar-refractivity contribution >= 4 is 23.7 Å². The van der Waals surface area contributed by atoms with E-state index in [1.807, 2.05) is 5.32 Å². The summed E-state index contributed by atoms with van der Waals surface area (Å²) in [6.45, 7) is -1.45. The van der Waals surface area contributed by atoms with Crippen LogP contribution < -0.4 is 21.3 Å². The van der Waals surface area contributed by atoms with Crippen LogP contribution in [0.15, 0.2) is 0 Å². The van der Waals surface area contributed by atoms with Crippen LogP contribution in [0.2, 0.25) is 0 Å². The van der Waals surface area contributed by atoms with Crippen LogP contribution >= 0.6 is 0 Å². The van der Waals surface area contributed by atoms with Crippen LogP contribution in [0.1, 0.15) is 12.8 Å². The maximum atomic E-state index is 12.0. The van der Waals surface area contributed by atoms with Crippen LogP contribution in [-0.4, -0.2) is 83.4 Å². The molecular weight excluding hydrogens is 324 g/mol. The first kappa shape index (κ1) is 19.8. The van der Waals surface area contributed by atoms with E-state index in [4.69, 9.17) is 10.2 Å². The van der Waals surface area contributed by atoms with Crippen molar-refractivity contribution in [2.24, 2.45) is 0 Å². The highest BCUT2D eigenvalue weighted by Gasteiger charge is 2.29. The molecule has 1 aliphatic rings. The van der Waals surface area contributed by atoms with Gasteiger partial charge in [0.2, 0.25) is 17.7 Å². The maximum absolute atomic E-state index is 12.0. The molecule has 24 heavy (non-hydrogen) atoms. The SMILES string of the molecule is O=C(O)CNC(=O)C(CO)NC(=O)C(CO)NC(=O)C1CCCN1. The zero-order valence-corrected chi connectivity index (χ0v) is 12.9. The van der Waals surface area contributed by atoms with E-state index in [0.29, 0.717) is 13.0 Å². The first-order chi connectivity index (χ1) is 11.4. The van der Waals surface area contributed by atoms with Crippen molar-refractivity contribution in [3.05, 3.63) is 0 Å². The van der Waals surface area contributed by atoms with Gasteiger partial charge in [-0.1, -0.05) is 0 Å². The molecule has 0 aromatic carbocycles. The van der Waals surface area contributed by atoms with Gasteiger partial charge in [0.1, 0.15) is 18.6 Å². The highest BCUT2D eigenvalue weighted by Crippen LogP contribution is 2.05. The first-order valence-corrected chi connectivity index (χ1v) is 7.44. The lowest BCUT2D eigenvalue weighted by Gasteiger charge is -2.21. The van der Waals surface area contributed by atoms with Gasteiger partial charge in [-0.25, -0.2) is 0 Å². The number of amides is 3. The molecule has 1 heterocycles. The fourth-order valence-electron chi connectivity index (χ4n) is 2.13. The average molecular weight is 346 g/mol. The molecule has 1 fully saturated rings. The number of nitrogens with one attached hydrogen (secondary N) is 4. The molecule has 1 rings (SSSR count). The highest BCUT2D eigenvalue weighted by atomic mass is 16.4. The summed E-state index contributed by atoms with van der Waals surface area (Å²) in [5.41, 5.74) is 0. The number of aliphatic hydroxyl groups excluding tert-OH is 2. The van der Waals surface area contributed by atoms with E-state index in [1.54, 1.807) is 0 Å². The second-order valence-electron chi connectivity index (χ2n) is 5.25. The lowest BCUT2D eigenvalue weighted by atomic mass is 10.2. The highest BCUT2D eigenvalue weighted by molar-refractivity contribution is 5.93. The second-order valence-corrected chi connectivity index (χ2v) is 5.25. The molecule has 3 unspecified atom stereocenters. The summed E-state index contributed by atoms with van der Waals surface area (Å²) in [5.74, 6) is -3.49. The number of carboxylic acids is 1. The molecule has 11 heteroatoms. The van der Waals surface area contributed by atoms with Crippen LogP contribution in [0, 0.1) is 0 Å².